The van der Waals surface area contributed by atoms with Crippen molar-refractivity contribution in [1.82, 2.24) is 9.62 Å². The second-order valence-corrected chi connectivity index (χ2v) is 9.65. The SMILES string of the molecule is COc1ccc([C@@H]2CCCCCN2C(=O)c2ccc(S(=O)(=O)NC(C)C)cc2)cc1. The Morgan fingerprint density at radius 3 is 2.30 bits per heavy atom. The van der Waals surface area contributed by atoms with Gasteiger partial charge in [-0.3, -0.25) is 4.79 Å². The Labute approximate surface area is 179 Å². The highest BCUT2D eigenvalue weighted by Gasteiger charge is 2.28. The van der Waals surface area contributed by atoms with Gasteiger partial charge in [0.25, 0.3) is 5.91 Å². The molecular formula is C23H30N2O4S. The van der Waals surface area contributed by atoms with Crippen molar-refractivity contribution in [3.05, 3.63) is 59.7 Å². The second-order valence-electron chi connectivity index (χ2n) is 7.94. The van der Waals surface area contributed by atoms with Gasteiger partial charge >= 0.3 is 0 Å². The van der Waals surface area contributed by atoms with E-state index in [1.807, 2.05) is 29.2 Å². The molecule has 1 atom stereocenters. The number of amides is 1. The molecular weight excluding hydrogens is 400 g/mol. The summed E-state index contributed by atoms with van der Waals surface area (Å²) >= 11 is 0. The number of carbonyl (C=O) groups is 1. The summed E-state index contributed by atoms with van der Waals surface area (Å²) in [5.74, 6) is 0.718. The molecule has 0 radical (unpaired) electrons. The highest BCUT2D eigenvalue weighted by Crippen LogP contribution is 2.32. The van der Waals surface area contributed by atoms with Crippen LogP contribution in [0, 0.1) is 0 Å². The van der Waals surface area contributed by atoms with E-state index in [-0.39, 0.29) is 22.9 Å². The summed E-state index contributed by atoms with van der Waals surface area (Å²) in [5, 5.41) is 0. The Balaban J connectivity index is 1.85. The van der Waals surface area contributed by atoms with Gasteiger partial charge in [-0.2, -0.15) is 0 Å². The minimum Gasteiger partial charge on any atom is -0.497 e. The van der Waals surface area contributed by atoms with Crippen molar-refractivity contribution in [3.8, 4) is 5.75 Å². The van der Waals surface area contributed by atoms with E-state index in [1.165, 1.54) is 12.1 Å². The Kier molecular flexibility index (Phi) is 7.15. The molecule has 0 unspecified atom stereocenters. The van der Waals surface area contributed by atoms with E-state index in [9.17, 15) is 13.2 Å². The largest absolute Gasteiger partial charge is 0.497 e. The maximum atomic E-state index is 13.3. The van der Waals surface area contributed by atoms with E-state index in [2.05, 4.69) is 4.72 Å². The third-order valence-electron chi connectivity index (χ3n) is 5.32. The molecule has 2 aromatic rings. The lowest BCUT2D eigenvalue weighted by Gasteiger charge is -2.31. The number of carbonyl (C=O) groups excluding carboxylic acids is 1. The lowest BCUT2D eigenvalue weighted by molar-refractivity contribution is 0.0681. The molecule has 1 aliphatic heterocycles. The van der Waals surface area contributed by atoms with Crippen LogP contribution in [-0.4, -0.2) is 38.9 Å². The molecule has 1 fully saturated rings. The zero-order valence-electron chi connectivity index (χ0n) is 17.8. The van der Waals surface area contributed by atoms with Gasteiger partial charge in [-0.15, -0.1) is 0 Å². The van der Waals surface area contributed by atoms with Crippen LogP contribution in [0.15, 0.2) is 53.4 Å². The van der Waals surface area contributed by atoms with Crippen molar-refractivity contribution in [3.63, 3.8) is 0 Å². The van der Waals surface area contributed by atoms with Gasteiger partial charge < -0.3 is 9.64 Å². The van der Waals surface area contributed by atoms with Crippen LogP contribution < -0.4 is 9.46 Å². The quantitative estimate of drug-likeness (QED) is 0.747. The third kappa shape index (κ3) is 5.21. The van der Waals surface area contributed by atoms with Crippen LogP contribution in [0.4, 0.5) is 0 Å². The molecule has 7 heteroatoms. The Bertz CT molecular complexity index is 954. The number of hydrogen-bond acceptors (Lipinski definition) is 4. The first kappa shape index (κ1) is 22.3. The van der Waals surface area contributed by atoms with Gasteiger partial charge in [0.2, 0.25) is 10.0 Å². The predicted molar refractivity (Wildman–Crippen MR) is 117 cm³/mol. The number of hydrogen-bond donors (Lipinski definition) is 1. The van der Waals surface area contributed by atoms with Crippen molar-refractivity contribution < 1.29 is 17.9 Å². The average molecular weight is 431 g/mol. The van der Waals surface area contributed by atoms with Gasteiger partial charge in [0.1, 0.15) is 5.75 Å². The number of nitrogens with one attached hydrogen (secondary N) is 1. The fourth-order valence-corrected chi connectivity index (χ4v) is 5.10. The summed E-state index contributed by atoms with van der Waals surface area (Å²) in [7, 11) is -1.94. The highest BCUT2D eigenvalue weighted by molar-refractivity contribution is 7.89. The van der Waals surface area contributed by atoms with E-state index in [0.29, 0.717) is 12.1 Å². The van der Waals surface area contributed by atoms with Crippen LogP contribution >= 0.6 is 0 Å². The molecule has 3 rings (SSSR count). The summed E-state index contributed by atoms with van der Waals surface area (Å²) in [5.41, 5.74) is 1.59. The summed E-state index contributed by atoms with van der Waals surface area (Å²) in [6.45, 7) is 4.23. The summed E-state index contributed by atoms with van der Waals surface area (Å²) in [6, 6.07) is 13.9. The van der Waals surface area contributed by atoms with Gasteiger partial charge in [0.15, 0.2) is 0 Å². The summed E-state index contributed by atoms with van der Waals surface area (Å²) in [4.78, 5) is 15.4. The molecule has 30 heavy (non-hydrogen) atoms. The van der Waals surface area contributed by atoms with Crippen LogP contribution in [0.3, 0.4) is 0 Å². The lowest BCUT2D eigenvalue weighted by Crippen LogP contribution is -2.35. The van der Waals surface area contributed by atoms with Crippen molar-refractivity contribution in [2.75, 3.05) is 13.7 Å². The number of likely N-dealkylation sites (tertiary alicyclic amines) is 1. The van der Waals surface area contributed by atoms with Crippen LogP contribution in [0.5, 0.6) is 5.75 Å². The lowest BCUT2D eigenvalue weighted by atomic mass is 10.00. The molecule has 1 N–H and O–H groups in total. The van der Waals surface area contributed by atoms with E-state index in [4.69, 9.17) is 4.74 Å². The summed E-state index contributed by atoms with van der Waals surface area (Å²) < 4.78 is 32.5. The van der Waals surface area contributed by atoms with E-state index in [1.54, 1.807) is 33.1 Å². The van der Waals surface area contributed by atoms with Crippen LogP contribution in [0.25, 0.3) is 0 Å². The smallest absolute Gasteiger partial charge is 0.254 e. The third-order valence-corrected chi connectivity index (χ3v) is 6.99. The zero-order chi connectivity index (χ0) is 21.7. The van der Waals surface area contributed by atoms with Gasteiger partial charge in [-0.25, -0.2) is 13.1 Å². The van der Waals surface area contributed by atoms with Crippen LogP contribution in [0.1, 0.15) is 61.5 Å². The minimum absolute atomic E-state index is 0.00285. The number of methoxy groups -OCH3 is 1. The molecule has 1 aliphatic rings. The maximum Gasteiger partial charge on any atom is 0.254 e. The molecule has 2 aromatic carbocycles. The standard InChI is InChI=1S/C23H30N2O4S/c1-17(2)24-30(27,28)21-14-10-19(11-15-21)23(26)25-16-6-4-5-7-22(25)18-8-12-20(29-3)13-9-18/h8-15,17,22,24H,4-7,16H2,1-3H3/t22-/m0/s1. The number of rotatable bonds is 6. The van der Waals surface area contributed by atoms with Crippen molar-refractivity contribution in [2.24, 2.45) is 0 Å². The predicted octanol–water partition coefficient (Wildman–Crippen LogP) is 4.14. The number of nitrogens with zero attached hydrogens (tertiary/aromatic N) is 1. The molecule has 162 valence electrons. The van der Waals surface area contributed by atoms with E-state index >= 15 is 0 Å². The first-order chi connectivity index (χ1) is 14.3. The number of benzene rings is 2. The summed E-state index contributed by atoms with van der Waals surface area (Å²) in [6.07, 6.45) is 4.03. The van der Waals surface area contributed by atoms with E-state index in [0.717, 1.165) is 37.0 Å². The Hall–Kier alpha value is -2.38. The molecule has 0 saturated carbocycles. The monoisotopic (exact) mass is 430 g/mol. The van der Waals surface area contributed by atoms with Gasteiger partial charge in [-0.1, -0.05) is 25.0 Å². The molecule has 1 amide bonds. The van der Waals surface area contributed by atoms with E-state index < -0.39 is 10.0 Å². The van der Waals surface area contributed by atoms with Crippen molar-refractivity contribution in [2.45, 2.75) is 56.5 Å². The highest BCUT2D eigenvalue weighted by atomic mass is 32.2. The Morgan fingerprint density at radius 2 is 1.70 bits per heavy atom. The zero-order valence-corrected chi connectivity index (χ0v) is 18.6. The van der Waals surface area contributed by atoms with Gasteiger partial charge in [0.05, 0.1) is 18.0 Å². The molecule has 0 bridgehead atoms. The normalized spacial score (nSPS) is 17.6. The van der Waals surface area contributed by atoms with Crippen molar-refractivity contribution in [1.29, 1.82) is 0 Å². The second kappa shape index (κ2) is 9.62. The number of sulfonamides is 1. The first-order valence-corrected chi connectivity index (χ1v) is 11.9. The topological polar surface area (TPSA) is 75.7 Å². The molecule has 0 spiro atoms. The van der Waals surface area contributed by atoms with Crippen molar-refractivity contribution >= 4 is 15.9 Å². The van der Waals surface area contributed by atoms with Gasteiger partial charge in [-0.05, 0) is 68.7 Å². The molecule has 0 aromatic heterocycles. The number of ether oxygens (including phenoxy) is 1. The first-order valence-electron chi connectivity index (χ1n) is 10.4. The molecule has 0 aliphatic carbocycles. The van der Waals surface area contributed by atoms with Crippen LogP contribution in [-0.2, 0) is 10.0 Å². The molecule has 1 heterocycles. The maximum absolute atomic E-state index is 13.3. The Morgan fingerprint density at radius 1 is 1.03 bits per heavy atom. The minimum atomic E-state index is -3.58. The fraction of sp³-hybridized carbons (Fsp3) is 0.435. The molecule has 1 saturated heterocycles. The van der Waals surface area contributed by atoms with Crippen LogP contribution in [0.2, 0.25) is 0 Å². The van der Waals surface area contributed by atoms with Gasteiger partial charge in [0, 0.05) is 18.2 Å². The fourth-order valence-electron chi connectivity index (χ4n) is 3.84. The molecule has 6 nitrogen and oxygen atoms in total. The average Bonchev–Trinajstić information content (AvgIpc) is 2.98.